The Hall–Kier alpha value is -1.95. The van der Waals surface area contributed by atoms with Gasteiger partial charge in [-0.25, -0.2) is 9.97 Å². The summed E-state index contributed by atoms with van der Waals surface area (Å²) < 4.78 is 4.08. The topological polar surface area (TPSA) is 68.2 Å². The molecule has 4 atom stereocenters. The van der Waals surface area contributed by atoms with Crippen molar-refractivity contribution in [2.24, 2.45) is 34.7 Å². The van der Waals surface area contributed by atoms with Gasteiger partial charge in [-0.3, -0.25) is 4.99 Å². The predicted octanol–water partition coefficient (Wildman–Crippen LogP) is 5.02. The third-order valence-corrected chi connectivity index (χ3v) is 9.55. The number of rotatable bonds is 5. The molecule has 2 saturated carbocycles. The van der Waals surface area contributed by atoms with Crippen molar-refractivity contribution in [3.8, 4) is 0 Å². The highest BCUT2D eigenvalue weighted by atomic mass is 16.3. The number of allylic oxidation sites excluding steroid dienone is 2. The first-order valence-electron chi connectivity index (χ1n) is 12.7. The Morgan fingerprint density at radius 3 is 2.70 bits per heavy atom. The molecule has 2 aromatic heterocycles. The van der Waals surface area contributed by atoms with Gasteiger partial charge in [0.15, 0.2) is 11.1 Å². The van der Waals surface area contributed by atoms with E-state index in [0.29, 0.717) is 11.8 Å². The van der Waals surface area contributed by atoms with Gasteiger partial charge in [-0.05, 0) is 68.1 Å². The first kappa shape index (κ1) is 24.2. The van der Waals surface area contributed by atoms with Gasteiger partial charge in [-0.1, -0.05) is 45.8 Å². The maximum atomic E-state index is 11.9. The highest BCUT2D eigenvalue weighted by molar-refractivity contribution is 5.69. The monoisotopic (exact) mass is 453 g/mol. The molecule has 0 bridgehead atoms. The van der Waals surface area contributed by atoms with E-state index < -0.39 is 5.60 Å². The Balaban J connectivity index is 1.52. The minimum Gasteiger partial charge on any atom is -0.389 e. The van der Waals surface area contributed by atoms with E-state index in [2.05, 4.69) is 60.2 Å². The minimum atomic E-state index is -0.525. The first-order chi connectivity index (χ1) is 15.5. The van der Waals surface area contributed by atoms with Crippen molar-refractivity contribution in [1.29, 1.82) is 0 Å². The van der Waals surface area contributed by atoms with Crippen molar-refractivity contribution in [1.82, 2.24) is 19.1 Å². The molecule has 6 nitrogen and oxygen atoms in total. The van der Waals surface area contributed by atoms with Crippen LogP contribution in [0.1, 0.15) is 79.6 Å². The van der Waals surface area contributed by atoms with Gasteiger partial charge in [-0.2, -0.15) is 0 Å². The molecule has 2 aliphatic carbocycles. The summed E-state index contributed by atoms with van der Waals surface area (Å²) in [5, 5.41) is 11.9. The summed E-state index contributed by atoms with van der Waals surface area (Å²) in [6.07, 6.45) is 13.8. The molecule has 2 fully saturated rings. The molecule has 6 heteroatoms. The molecule has 4 rings (SSSR count). The largest absolute Gasteiger partial charge is 0.389 e. The summed E-state index contributed by atoms with van der Waals surface area (Å²) >= 11 is 0. The molecular formula is C27H43N5O. The van der Waals surface area contributed by atoms with Crippen LogP contribution in [0.25, 0.3) is 11.2 Å². The van der Waals surface area contributed by atoms with Crippen LogP contribution < -0.4 is 5.49 Å². The standard InChI is InChI=1S/C27H43N5O/c1-19(12-16-32-18-30-24-22(32)23(28-6)29-17-31(24)7)10-14-26(5)20(2)11-15-27(33)21(26)9-8-13-25(27,3)4/h12,17-18,20-21,33H,8-11,13-16H2,1-7H3/b19-12+,28-23?/t20-,21-,26+,27+/m1/s1. The quantitative estimate of drug-likeness (QED) is 0.646. The maximum Gasteiger partial charge on any atom is 0.176 e. The molecular weight excluding hydrogens is 410 g/mol. The van der Waals surface area contributed by atoms with Crippen LogP contribution in [0.15, 0.2) is 29.3 Å². The summed E-state index contributed by atoms with van der Waals surface area (Å²) in [4.78, 5) is 13.4. The van der Waals surface area contributed by atoms with Crippen molar-refractivity contribution in [2.45, 2.75) is 91.7 Å². The lowest BCUT2D eigenvalue weighted by atomic mass is 9.45. The second-order valence-corrected chi connectivity index (χ2v) is 11.7. The van der Waals surface area contributed by atoms with E-state index >= 15 is 0 Å². The molecule has 0 radical (unpaired) electrons. The van der Waals surface area contributed by atoms with Gasteiger partial charge in [0.25, 0.3) is 0 Å². The zero-order valence-electron chi connectivity index (χ0n) is 21.7. The Bertz CT molecular complexity index is 1110. The fourth-order valence-corrected chi connectivity index (χ4v) is 6.83. The molecule has 2 aromatic rings. The van der Waals surface area contributed by atoms with Gasteiger partial charge in [0, 0.05) is 20.6 Å². The highest BCUT2D eigenvalue weighted by Gasteiger charge is 2.60. The van der Waals surface area contributed by atoms with E-state index in [4.69, 9.17) is 0 Å². The molecule has 0 aromatic carbocycles. The number of aryl methyl sites for hydroxylation is 1. The summed E-state index contributed by atoms with van der Waals surface area (Å²) in [7, 11) is 3.74. The van der Waals surface area contributed by atoms with E-state index in [9.17, 15) is 5.11 Å². The lowest BCUT2D eigenvalue weighted by Crippen LogP contribution is -2.62. The second-order valence-electron chi connectivity index (χ2n) is 11.7. The molecule has 0 spiro atoms. The summed E-state index contributed by atoms with van der Waals surface area (Å²) in [5.41, 5.74) is 3.67. The van der Waals surface area contributed by atoms with Crippen LogP contribution in [-0.4, -0.2) is 36.9 Å². The van der Waals surface area contributed by atoms with E-state index in [1.807, 2.05) is 17.9 Å². The molecule has 2 aliphatic rings. The number of fused-ring (bicyclic) bond motifs is 2. The van der Waals surface area contributed by atoms with Crippen molar-refractivity contribution in [3.05, 3.63) is 29.8 Å². The number of hydrogen-bond acceptors (Lipinski definition) is 4. The molecule has 1 N–H and O–H groups in total. The van der Waals surface area contributed by atoms with Gasteiger partial charge >= 0.3 is 0 Å². The molecule has 182 valence electrons. The minimum absolute atomic E-state index is 0.0108. The fraction of sp³-hybridized carbons (Fsp3) is 0.741. The normalized spacial score (nSPS) is 32.8. The molecule has 0 unspecified atom stereocenters. The molecule has 33 heavy (non-hydrogen) atoms. The van der Waals surface area contributed by atoms with Gasteiger partial charge < -0.3 is 14.2 Å². The van der Waals surface area contributed by atoms with Crippen LogP contribution in [0.4, 0.5) is 0 Å². The van der Waals surface area contributed by atoms with E-state index in [-0.39, 0.29) is 10.8 Å². The van der Waals surface area contributed by atoms with E-state index in [1.165, 1.54) is 12.0 Å². The molecule has 0 aliphatic heterocycles. The maximum absolute atomic E-state index is 11.9. The molecule has 2 heterocycles. The zero-order valence-corrected chi connectivity index (χ0v) is 21.7. The van der Waals surface area contributed by atoms with Crippen LogP contribution in [0, 0.1) is 22.7 Å². The number of imidazole rings is 1. The SMILES string of the molecule is CN=c1ncn(C)c2ncn(C/C=C(\C)CC[C@@]3(C)[C@H](C)CC[C@]4(O)[C@@H]3CCCC4(C)C)c12. The lowest BCUT2D eigenvalue weighted by molar-refractivity contribution is -0.212. The Morgan fingerprint density at radius 1 is 1.21 bits per heavy atom. The van der Waals surface area contributed by atoms with Gasteiger partial charge in [-0.15, -0.1) is 0 Å². The Kier molecular flexibility index (Phi) is 6.36. The highest BCUT2D eigenvalue weighted by Crippen LogP contribution is 2.62. The number of aromatic nitrogens is 4. The van der Waals surface area contributed by atoms with Crippen molar-refractivity contribution >= 4 is 11.2 Å². The van der Waals surface area contributed by atoms with Gasteiger partial charge in [0.05, 0.1) is 18.3 Å². The second kappa shape index (κ2) is 8.68. The van der Waals surface area contributed by atoms with Crippen LogP contribution >= 0.6 is 0 Å². The van der Waals surface area contributed by atoms with Gasteiger partial charge in [0.2, 0.25) is 0 Å². The number of nitrogens with zero attached hydrogens (tertiary/aromatic N) is 5. The Labute approximate surface area is 198 Å². The lowest BCUT2D eigenvalue weighted by Gasteiger charge is -2.62. The zero-order chi connectivity index (χ0) is 24.0. The van der Waals surface area contributed by atoms with Crippen LogP contribution in [0.3, 0.4) is 0 Å². The molecule has 0 saturated heterocycles. The van der Waals surface area contributed by atoms with Crippen molar-refractivity contribution in [2.75, 3.05) is 7.05 Å². The molecule has 0 amide bonds. The Morgan fingerprint density at radius 2 is 1.97 bits per heavy atom. The van der Waals surface area contributed by atoms with Crippen molar-refractivity contribution < 1.29 is 5.11 Å². The van der Waals surface area contributed by atoms with E-state index in [0.717, 1.165) is 61.7 Å². The van der Waals surface area contributed by atoms with Crippen molar-refractivity contribution in [3.63, 3.8) is 0 Å². The average molecular weight is 454 g/mol. The van der Waals surface area contributed by atoms with Gasteiger partial charge in [0.1, 0.15) is 5.52 Å². The first-order valence-corrected chi connectivity index (χ1v) is 12.7. The average Bonchev–Trinajstić information content (AvgIpc) is 3.21. The fourth-order valence-electron chi connectivity index (χ4n) is 6.83. The number of hydrogen-bond donors (Lipinski definition) is 1. The smallest absolute Gasteiger partial charge is 0.176 e. The predicted molar refractivity (Wildman–Crippen MR) is 134 cm³/mol. The summed E-state index contributed by atoms with van der Waals surface area (Å²) in [5.74, 6) is 1.03. The summed E-state index contributed by atoms with van der Waals surface area (Å²) in [6.45, 7) is 12.5. The number of aliphatic hydroxyl groups is 1. The van der Waals surface area contributed by atoms with Crippen LogP contribution in [0.5, 0.6) is 0 Å². The van der Waals surface area contributed by atoms with Crippen LogP contribution in [0.2, 0.25) is 0 Å². The summed E-state index contributed by atoms with van der Waals surface area (Å²) in [6, 6.07) is 0. The third-order valence-electron chi connectivity index (χ3n) is 9.55. The third kappa shape index (κ3) is 3.98. The van der Waals surface area contributed by atoms with E-state index in [1.54, 1.807) is 13.4 Å². The van der Waals surface area contributed by atoms with Crippen LogP contribution in [-0.2, 0) is 13.6 Å².